The average Bonchev–Trinajstić information content (AvgIpc) is 2.28. The van der Waals surface area contributed by atoms with Crippen LogP contribution in [0.3, 0.4) is 0 Å². The third-order valence-corrected chi connectivity index (χ3v) is 2.01. The molecular formula is C11H10F2N4. The van der Waals surface area contributed by atoms with Crippen LogP contribution in [0.2, 0.25) is 0 Å². The highest BCUT2D eigenvalue weighted by molar-refractivity contribution is 5.56. The quantitative estimate of drug-likeness (QED) is 0.859. The molecule has 2 rings (SSSR count). The Kier molecular flexibility index (Phi) is 3.13. The van der Waals surface area contributed by atoms with Gasteiger partial charge >= 0.3 is 0 Å². The van der Waals surface area contributed by atoms with E-state index < -0.39 is 11.6 Å². The summed E-state index contributed by atoms with van der Waals surface area (Å²) < 4.78 is 25.9. The molecule has 88 valence electrons. The van der Waals surface area contributed by atoms with E-state index in [2.05, 4.69) is 20.6 Å². The number of nitrogens with one attached hydrogen (secondary N) is 2. The third kappa shape index (κ3) is 2.87. The Bertz CT molecular complexity index is 510. The maximum absolute atomic E-state index is 13.0. The highest BCUT2D eigenvalue weighted by Gasteiger charge is 2.02. The molecule has 0 bridgehead atoms. The Morgan fingerprint density at radius 1 is 1.12 bits per heavy atom. The Morgan fingerprint density at radius 2 is 1.82 bits per heavy atom. The second-order valence-corrected chi connectivity index (χ2v) is 3.30. The Balaban J connectivity index is 2.24. The van der Waals surface area contributed by atoms with Crippen molar-refractivity contribution in [1.29, 1.82) is 0 Å². The summed E-state index contributed by atoms with van der Waals surface area (Å²) in [5.74, 6) is -0.410. The summed E-state index contributed by atoms with van der Waals surface area (Å²) in [5.41, 5.74) is 0.295. The maximum Gasteiger partial charge on any atom is 0.224 e. The van der Waals surface area contributed by atoms with Crippen molar-refractivity contribution in [3.8, 4) is 0 Å². The molecule has 0 radical (unpaired) electrons. The van der Waals surface area contributed by atoms with E-state index in [9.17, 15) is 8.78 Å². The third-order valence-electron chi connectivity index (χ3n) is 2.01. The van der Waals surface area contributed by atoms with Crippen molar-refractivity contribution in [3.05, 3.63) is 42.1 Å². The molecule has 0 fully saturated rings. The molecule has 0 aliphatic rings. The second-order valence-electron chi connectivity index (χ2n) is 3.30. The van der Waals surface area contributed by atoms with Crippen LogP contribution in [-0.4, -0.2) is 17.0 Å². The number of hydrogen-bond acceptors (Lipinski definition) is 4. The van der Waals surface area contributed by atoms with Crippen molar-refractivity contribution < 1.29 is 8.78 Å². The second kappa shape index (κ2) is 4.73. The van der Waals surface area contributed by atoms with Gasteiger partial charge in [0.2, 0.25) is 5.95 Å². The molecular weight excluding hydrogens is 226 g/mol. The van der Waals surface area contributed by atoms with Gasteiger partial charge in [-0.1, -0.05) is 0 Å². The normalized spacial score (nSPS) is 10.1. The van der Waals surface area contributed by atoms with Crippen molar-refractivity contribution in [2.24, 2.45) is 0 Å². The van der Waals surface area contributed by atoms with Gasteiger partial charge in [-0.05, 0) is 18.2 Å². The van der Waals surface area contributed by atoms with E-state index in [0.29, 0.717) is 17.5 Å². The van der Waals surface area contributed by atoms with Gasteiger partial charge in [0, 0.05) is 25.0 Å². The van der Waals surface area contributed by atoms with Crippen LogP contribution in [0, 0.1) is 11.6 Å². The average molecular weight is 236 g/mol. The molecule has 2 aromatic rings. The molecule has 4 nitrogen and oxygen atoms in total. The molecule has 0 aliphatic heterocycles. The molecule has 1 heterocycles. The van der Waals surface area contributed by atoms with Crippen molar-refractivity contribution in [1.82, 2.24) is 9.97 Å². The highest BCUT2D eigenvalue weighted by atomic mass is 19.1. The van der Waals surface area contributed by atoms with E-state index in [-0.39, 0.29) is 0 Å². The molecule has 0 atom stereocenters. The lowest BCUT2D eigenvalue weighted by Crippen LogP contribution is -2.00. The molecule has 1 aromatic heterocycles. The lowest BCUT2D eigenvalue weighted by molar-refractivity contribution is 0.584. The fourth-order valence-electron chi connectivity index (χ4n) is 1.32. The fraction of sp³-hybridized carbons (Fsp3) is 0.0909. The standard InChI is InChI=1S/C11H10F2N4/c1-14-11-15-3-2-10(17-11)16-9-5-7(12)4-8(13)6-9/h2-6H,1H3,(H2,14,15,16,17). The van der Waals surface area contributed by atoms with Crippen LogP contribution in [0.1, 0.15) is 0 Å². The number of anilines is 3. The van der Waals surface area contributed by atoms with E-state index in [1.165, 1.54) is 18.3 Å². The first-order valence-electron chi connectivity index (χ1n) is 4.91. The van der Waals surface area contributed by atoms with Crippen molar-refractivity contribution in [2.75, 3.05) is 17.7 Å². The summed E-state index contributed by atoms with van der Waals surface area (Å²) in [6, 6.07) is 4.78. The first-order valence-corrected chi connectivity index (χ1v) is 4.91. The molecule has 17 heavy (non-hydrogen) atoms. The number of aromatic nitrogens is 2. The summed E-state index contributed by atoms with van der Waals surface area (Å²) in [5, 5.41) is 5.55. The van der Waals surface area contributed by atoms with Crippen molar-refractivity contribution in [2.45, 2.75) is 0 Å². The number of rotatable bonds is 3. The zero-order valence-corrected chi connectivity index (χ0v) is 9.04. The molecule has 1 aromatic carbocycles. The zero-order chi connectivity index (χ0) is 12.3. The number of halogens is 2. The molecule has 0 saturated carbocycles. The Labute approximate surface area is 96.7 Å². The highest BCUT2D eigenvalue weighted by Crippen LogP contribution is 2.17. The van der Waals surface area contributed by atoms with Gasteiger partial charge in [0.05, 0.1) is 0 Å². The van der Waals surface area contributed by atoms with Gasteiger partial charge < -0.3 is 10.6 Å². The summed E-state index contributed by atoms with van der Waals surface area (Å²) in [4.78, 5) is 7.99. The number of benzene rings is 1. The van der Waals surface area contributed by atoms with Gasteiger partial charge in [0.1, 0.15) is 17.5 Å². The first kappa shape index (κ1) is 11.3. The Hall–Kier alpha value is -2.24. The fourth-order valence-corrected chi connectivity index (χ4v) is 1.32. The van der Waals surface area contributed by atoms with Crippen LogP contribution < -0.4 is 10.6 Å². The van der Waals surface area contributed by atoms with Gasteiger partial charge in [-0.25, -0.2) is 13.8 Å². The zero-order valence-electron chi connectivity index (χ0n) is 9.04. The monoisotopic (exact) mass is 236 g/mol. The van der Waals surface area contributed by atoms with Crippen LogP contribution in [-0.2, 0) is 0 Å². The van der Waals surface area contributed by atoms with E-state index >= 15 is 0 Å². The first-order chi connectivity index (χ1) is 8.17. The van der Waals surface area contributed by atoms with Gasteiger partial charge in [0.15, 0.2) is 0 Å². The van der Waals surface area contributed by atoms with Gasteiger partial charge in [-0.2, -0.15) is 4.98 Å². The molecule has 0 saturated heterocycles. The van der Waals surface area contributed by atoms with E-state index in [1.54, 1.807) is 13.1 Å². The lowest BCUT2D eigenvalue weighted by atomic mass is 10.3. The Morgan fingerprint density at radius 3 is 2.47 bits per heavy atom. The van der Waals surface area contributed by atoms with Crippen molar-refractivity contribution >= 4 is 17.5 Å². The molecule has 2 N–H and O–H groups in total. The predicted octanol–water partition coefficient (Wildman–Crippen LogP) is 2.54. The SMILES string of the molecule is CNc1nccc(Nc2cc(F)cc(F)c2)n1. The van der Waals surface area contributed by atoms with Crippen molar-refractivity contribution in [3.63, 3.8) is 0 Å². The summed E-state index contributed by atoms with van der Waals surface area (Å²) in [7, 11) is 1.68. The lowest BCUT2D eigenvalue weighted by Gasteiger charge is -2.06. The molecule has 6 heteroatoms. The van der Waals surface area contributed by atoms with E-state index in [0.717, 1.165) is 6.07 Å². The predicted molar refractivity (Wildman–Crippen MR) is 61.2 cm³/mol. The van der Waals surface area contributed by atoms with Gasteiger partial charge in [0.25, 0.3) is 0 Å². The van der Waals surface area contributed by atoms with Crippen LogP contribution in [0.15, 0.2) is 30.5 Å². The van der Waals surface area contributed by atoms with Gasteiger partial charge in [-0.15, -0.1) is 0 Å². The summed E-state index contributed by atoms with van der Waals surface area (Å²) >= 11 is 0. The minimum Gasteiger partial charge on any atom is -0.357 e. The summed E-state index contributed by atoms with van der Waals surface area (Å²) in [6.45, 7) is 0. The van der Waals surface area contributed by atoms with E-state index in [1.807, 2.05) is 0 Å². The van der Waals surface area contributed by atoms with Crippen LogP contribution in [0.5, 0.6) is 0 Å². The number of nitrogens with zero attached hydrogens (tertiary/aromatic N) is 2. The molecule has 0 amide bonds. The minimum absolute atomic E-state index is 0.295. The smallest absolute Gasteiger partial charge is 0.224 e. The van der Waals surface area contributed by atoms with E-state index in [4.69, 9.17) is 0 Å². The van der Waals surface area contributed by atoms with Gasteiger partial charge in [-0.3, -0.25) is 0 Å². The number of hydrogen-bond donors (Lipinski definition) is 2. The van der Waals surface area contributed by atoms with Crippen LogP contribution in [0.4, 0.5) is 26.2 Å². The topological polar surface area (TPSA) is 49.8 Å². The van der Waals surface area contributed by atoms with Crippen LogP contribution in [0.25, 0.3) is 0 Å². The molecule has 0 aliphatic carbocycles. The van der Waals surface area contributed by atoms with Crippen LogP contribution >= 0.6 is 0 Å². The molecule has 0 unspecified atom stereocenters. The molecule has 0 spiro atoms. The minimum atomic E-state index is -0.643. The maximum atomic E-state index is 13.0. The largest absolute Gasteiger partial charge is 0.357 e. The summed E-state index contributed by atoms with van der Waals surface area (Å²) in [6.07, 6.45) is 1.54.